The number of hydrogen-bond acceptors (Lipinski definition) is 6. The Morgan fingerprint density at radius 1 is 0.970 bits per heavy atom. The van der Waals surface area contributed by atoms with Gasteiger partial charge in [-0.2, -0.15) is 4.68 Å². The zero-order valence-electron chi connectivity index (χ0n) is 18.7. The first-order valence-corrected chi connectivity index (χ1v) is 11.3. The third kappa shape index (κ3) is 4.49. The van der Waals surface area contributed by atoms with Crippen LogP contribution in [0.25, 0.3) is 5.69 Å². The van der Waals surface area contributed by atoms with Gasteiger partial charge in [-0.3, -0.25) is 14.5 Å². The Morgan fingerprint density at radius 3 is 2.42 bits per heavy atom. The molecule has 2 amide bonds. The van der Waals surface area contributed by atoms with E-state index in [4.69, 9.17) is 0 Å². The van der Waals surface area contributed by atoms with E-state index in [1.165, 1.54) is 5.56 Å². The lowest BCUT2D eigenvalue weighted by Crippen LogP contribution is -2.50. The molecule has 3 heterocycles. The molecule has 170 valence electrons. The summed E-state index contributed by atoms with van der Waals surface area (Å²) in [6.45, 7) is 5.89. The van der Waals surface area contributed by atoms with Crippen molar-refractivity contribution in [3.8, 4) is 5.69 Å². The summed E-state index contributed by atoms with van der Waals surface area (Å²) in [7, 11) is 0. The van der Waals surface area contributed by atoms with Crippen LogP contribution in [0.15, 0.2) is 54.6 Å². The molecule has 2 aliphatic rings. The van der Waals surface area contributed by atoms with Crippen molar-refractivity contribution in [3.05, 3.63) is 66.0 Å². The fraction of sp³-hybridized carbons (Fsp3) is 0.375. The lowest BCUT2D eigenvalue weighted by molar-refractivity contribution is -0.137. The number of amides is 2. The minimum absolute atomic E-state index is 0.0149. The van der Waals surface area contributed by atoms with Crippen molar-refractivity contribution in [1.82, 2.24) is 30.0 Å². The van der Waals surface area contributed by atoms with Crippen LogP contribution in [0.5, 0.6) is 0 Å². The summed E-state index contributed by atoms with van der Waals surface area (Å²) >= 11 is 0. The molecule has 1 aromatic heterocycles. The van der Waals surface area contributed by atoms with Gasteiger partial charge in [0.2, 0.25) is 11.8 Å². The van der Waals surface area contributed by atoms with Gasteiger partial charge in [-0.15, -0.1) is 5.10 Å². The topological polar surface area (TPSA) is 87.5 Å². The number of carbonyl (C=O) groups excluding carboxylic acids is 2. The molecule has 2 saturated heterocycles. The monoisotopic (exact) mass is 445 g/mol. The minimum atomic E-state index is -0.280. The smallest absolute Gasteiger partial charge is 0.228 e. The number of nitrogens with zero attached hydrogens (tertiary/aromatic N) is 7. The van der Waals surface area contributed by atoms with E-state index in [2.05, 4.69) is 20.4 Å². The zero-order valence-corrected chi connectivity index (χ0v) is 18.7. The maximum Gasteiger partial charge on any atom is 0.228 e. The quantitative estimate of drug-likeness (QED) is 0.594. The minimum Gasteiger partial charge on any atom is -0.340 e. The number of aryl methyl sites for hydroxylation is 1. The van der Waals surface area contributed by atoms with Crippen LogP contribution in [0.1, 0.15) is 17.8 Å². The molecular formula is C24H27N7O2. The maximum atomic E-state index is 13.1. The van der Waals surface area contributed by atoms with Crippen LogP contribution in [-0.4, -0.2) is 74.5 Å². The number of hydrogen-bond donors (Lipinski definition) is 0. The number of carbonyl (C=O) groups is 2. The second-order valence-corrected chi connectivity index (χ2v) is 8.68. The maximum absolute atomic E-state index is 13.1. The van der Waals surface area contributed by atoms with Gasteiger partial charge < -0.3 is 9.80 Å². The Kier molecular flexibility index (Phi) is 5.87. The van der Waals surface area contributed by atoms with Crippen molar-refractivity contribution >= 4 is 17.5 Å². The van der Waals surface area contributed by atoms with Crippen LogP contribution in [0.2, 0.25) is 0 Å². The van der Waals surface area contributed by atoms with Crippen LogP contribution in [0, 0.1) is 12.8 Å². The molecule has 0 radical (unpaired) electrons. The van der Waals surface area contributed by atoms with Gasteiger partial charge >= 0.3 is 0 Å². The van der Waals surface area contributed by atoms with Gasteiger partial charge in [0.05, 0.1) is 18.2 Å². The molecule has 2 fully saturated rings. The van der Waals surface area contributed by atoms with Gasteiger partial charge in [0.15, 0.2) is 5.82 Å². The Morgan fingerprint density at radius 2 is 1.70 bits per heavy atom. The van der Waals surface area contributed by atoms with Crippen LogP contribution in [0.4, 0.5) is 5.69 Å². The summed E-state index contributed by atoms with van der Waals surface area (Å²) < 4.78 is 1.76. The first-order chi connectivity index (χ1) is 16.1. The van der Waals surface area contributed by atoms with Crippen LogP contribution < -0.4 is 4.90 Å². The average molecular weight is 446 g/mol. The molecule has 0 aliphatic carbocycles. The van der Waals surface area contributed by atoms with E-state index in [1.807, 2.05) is 66.4 Å². The molecule has 3 aromatic rings. The predicted octanol–water partition coefficient (Wildman–Crippen LogP) is 1.67. The fourth-order valence-corrected chi connectivity index (χ4v) is 4.51. The van der Waals surface area contributed by atoms with Crippen molar-refractivity contribution in [1.29, 1.82) is 0 Å². The fourth-order valence-electron chi connectivity index (χ4n) is 4.51. The lowest BCUT2D eigenvalue weighted by Gasteiger charge is -2.35. The first kappa shape index (κ1) is 21.3. The molecule has 0 unspecified atom stereocenters. The van der Waals surface area contributed by atoms with E-state index < -0.39 is 0 Å². The Labute approximate surface area is 192 Å². The summed E-state index contributed by atoms with van der Waals surface area (Å²) in [6.07, 6.45) is 0.277. The van der Waals surface area contributed by atoms with E-state index in [9.17, 15) is 9.59 Å². The molecule has 0 bridgehead atoms. The van der Waals surface area contributed by atoms with Crippen molar-refractivity contribution in [2.24, 2.45) is 5.92 Å². The average Bonchev–Trinajstić information content (AvgIpc) is 3.47. The van der Waals surface area contributed by atoms with Gasteiger partial charge in [0, 0.05) is 44.8 Å². The van der Waals surface area contributed by atoms with Gasteiger partial charge in [0.25, 0.3) is 0 Å². The number of rotatable bonds is 5. The van der Waals surface area contributed by atoms with E-state index in [1.54, 1.807) is 9.58 Å². The molecule has 0 spiro atoms. The number of para-hydroxylation sites is 1. The molecular weight excluding hydrogens is 418 g/mol. The summed E-state index contributed by atoms with van der Waals surface area (Å²) in [5.41, 5.74) is 2.97. The number of benzene rings is 2. The molecule has 1 atom stereocenters. The van der Waals surface area contributed by atoms with Gasteiger partial charge in [-0.25, -0.2) is 0 Å². The van der Waals surface area contributed by atoms with Crippen LogP contribution in [-0.2, 0) is 16.1 Å². The molecule has 2 aliphatic heterocycles. The highest BCUT2D eigenvalue weighted by Gasteiger charge is 2.38. The molecule has 2 aromatic carbocycles. The van der Waals surface area contributed by atoms with Gasteiger partial charge in [-0.1, -0.05) is 35.9 Å². The Bertz CT molecular complexity index is 1120. The highest BCUT2D eigenvalue weighted by molar-refractivity contribution is 6.00. The largest absolute Gasteiger partial charge is 0.340 e. The number of piperazine rings is 1. The number of aromatic nitrogens is 4. The Hall–Kier alpha value is -3.59. The van der Waals surface area contributed by atoms with Gasteiger partial charge in [-0.05, 0) is 41.6 Å². The normalized spacial score (nSPS) is 19.3. The lowest BCUT2D eigenvalue weighted by atomic mass is 10.1. The van der Waals surface area contributed by atoms with Crippen LogP contribution >= 0.6 is 0 Å². The number of tetrazole rings is 1. The van der Waals surface area contributed by atoms with Gasteiger partial charge in [0.1, 0.15) is 0 Å². The second-order valence-electron chi connectivity index (χ2n) is 8.68. The molecule has 9 nitrogen and oxygen atoms in total. The molecule has 9 heteroatoms. The van der Waals surface area contributed by atoms with Crippen molar-refractivity contribution < 1.29 is 9.59 Å². The van der Waals surface area contributed by atoms with E-state index >= 15 is 0 Å². The Balaban J connectivity index is 1.17. The second kappa shape index (κ2) is 9.11. The summed E-state index contributed by atoms with van der Waals surface area (Å²) in [5, 5.41) is 12.2. The summed E-state index contributed by atoms with van der Waals surface area (Å²) in [6, 6.07) is 17.7. The van der Waals surface area contributed by atoms with E-state index in [-0.39, 0.29) is 24.2 Å². The molecule has 5 rings (SSSR count). The predicted molar refractivity (Wildman–Crippen MR) is 123 cm³/mol. The first-order valence-electron chi connectivity index (χ1n) is 11.3. The highest BCUT2D eigenvalue weighted by atomic mass is 16.2. The van der Waals surface area contributed by atoms with Crippen molar-refractivity contribution in [2.75, 3.05) is 37.6 Å². The van der Waals surface area contributed by atoms with E-state index in [0.29, 0.717) is 26.2 Å². The summed E-state index contributed by atoms with van der Waals surface area (Å²) in [4.78, 5) is 31.5. The SMILES string of the molecule is Cc1ccc(-n2nnnc2CN2CCN(C(=O)[C@H]3CC(=O)N(c4ccccc4)C3)CC2)cc1. The standard InChI is InChI=1S/C24H27N7O2/c1-18-7-9-21(10-8-18)31-22(25-26-27-31)17-28-11-13-29(14-12-28)24(33)19-15-23(32)30(16-19)20-5-3-2-4-6-20/h2-10,19H,11-17H2,1H3/t19-/m0/s1. The zero-order chi connectivity index (χ0) is 22.8. The molecule has 0 saturated carbocycles. The molecule has 33 heavy (non-hydrogen) atoms. The highest BCUT2D eigenvalue weighted by Crippen LogP contribution is 2.26. The number of anilines is 1. The summed E-state index contributed by atoms with van der Waals surface area (Å²) in [5.74, 6) is 0.587. The van der Waals surface area contributed by atoms with E-state index in [0.717, 1.165) is 30.3 Å². The third-order valence-electron chi connectivity index (χ3n) is 6.40. The molecule has 0 N–H and O–H groups in total. The van der Waals surface area contributed by atoms with Crippen molar-refractivity contribution in [2.45, 2.75) is 19.9 Å². The van der Waals surface area contributed by atoms with Crippen LogP contribution in [0.3, 0.4) is 0 Å². The third-order valence-corrected chi connectivity index (χ3v) is 6.40. The van der Waals surface area contributed by atoms with Crippen molar-refractivity contribution in [3.63, 3.8) is 0 Å².